The quantitative estimate of drug-likeness (QED) is 0.634. The highest BCUT2D eigenvalue weighted by Gasteiger charge is 2.62. The highest BCUT2D eigenvalue weighted by Crippen LogP contribution is 2.72. The Bertz CT molecular complexity index is 195. The van der Waals surface area contributed by atoms with Crippen molar-refractivity contribution in [2.24, 2.45) is 16.7 Å². The maximum atomic E-state index is 9.15. The molecule has 3 fully saturated rings. The van der Waals surface area contributed by atoms with E-state index in [1.165, 1.54) is 44.9 Å². The molecule has 68 valence electrons. The predicted octanol–water partition coefficient (Wildman–Crippen LogP) is 2.34. The van der Waals surface area contributed by atoms with Gasteiger partial charge in [0.05, 0.1) is 0 Å². The summed E-state index contributed by atoms with van der Waals surface area (Å²) < 4.78 is 0. The Balaban J connectivity index is 1.66. The maximum Gasteiger partial charge on any atom is 0.0464 e. The van der Waals surface area contributed by atoms with Crippen molar-refractivity contribution in [2.75, 3.05) is 6.61 Å². The van der Waals surface area contributed by atoms with Crippen molar-refractivity contribution >= 4 is 0 Å². The van der Waals surface area contributed by atoms with E-state index in [0.717, 1.165) is 5.41 Å². The van der Waals surface area contributed by atoms with E-state index in [4.69, 9.17) is 5.11 Å². The van der Waals surface area contributed by atoms with Crippen molar-refractivity contribution in [3.63, 3.8) is 0 Å². The fraction of sp³-hybridized carbons (Fsp3) is 1.00. The van der Waals surface area contributed by atoms with Gasteiger partial charge >= 0.3 is 0 Å². The van der Waals surface area contributed by atoms with Gasteiger partial charge in [-0.15, -0.1) is 0 Å². The van der Waals surface area contributed by atoms with Crippen LogP contribution in [0.25, 0.3) is 0 Å². The first-order valence-corrected chi connectivity index (χ1v) is 5.40. The lowest BCUT2D eigenvalue weighted by molar-refractivity contribution is -0.187. The molecular weight excluding hydrogens is 148 g/mol. The molecule has 0 heterocycles. The molecule has 1 nitrogen and oxygen atoms in total. The molecule has 12 heavy (non-hydrogen) atoms. The van der Waals surface area contributed by atoms with Gasteiger partial charge in [0.2, 0.25) is 0 Å². The summed E-state index contributed by atoms with van der Waals surface area (Å²) in [6.45, 7) is 0.454. The third kappa shape index (κ3) is 0.693. The largest absolute Gasteiger partial charge is 0.396 e. The van der Waals surface area contributed by atoms with Crippen molar-refractivity contribution in [1.82, 2.24) is 0 Å². The smallest absolute Gasteiger partial charge is 0.0464 e. The molecule has 2 spiro atoms. The highest BCUT2D eigenvalue weighted by atomic mass is 16.3. The Labute approximate surface area is 74.2 Å². The molecule has 0 aromatic rings. The molecule has 3 aliphatic carbocycles. The van der Waals surface area contributed by atoms with Gasteiger partial charge in [0.15, 0.2) is 0 Å². The van der Waals surface area contributed by atoms with Gasteiger partial charge in [-0.1, -0.05) is 6.42 Å². The number of rotatable bonds is 1. The Hall–Kier alpha value is -0.0400. The second-order valence-corrected chi connectivity index (χ2v) is 5.49. The van der Waals surface area contributed by atoms with Gasteiger partial charge in [0, 0.05) is 6.61 Å². The van der Waals surface area contributed by atoms with Gasteiger partial charge in [-0.05, 0) is 55.3 Å². The third-order valence-electron chi connectivity index (χ3n) is 4.95. The summed E-state index contributed by atoms with van der Waals surface area (Å²) in [6.07, 6.45) is 10.1. The Kier molecular flexibility index (Phi) is 1.27. The van der Waals surface area contributed by atoms with Crippen LogP contribution >= 0.6 is 0 Å². The fourth-order valence-corrected chi connectivity index (χ4v) is 3.98. The Morgan fingerprint density at radius 3 is 2.25 bits per heavy atom. The molecule has 3 saturated carbocycles. The van der Waals surface area contributed by atoms with Crippen LogP contribution in [0.15, 0.2) is 0 Å². The van der Waals surface area contributed by atoms with Crippen molar-refractivity contribution in [1.29, 1.82) is 0 Å². The molecule has 0 bridgehead atoms. The lowest BCUT2D eigenvalue weighted by atomic mass is 9.37. The highest BCUT2D eigenvalue weighted by molar-refractivity contribution is 5.12. The third-order valence-corrected chi connectivity index (χ3v) is 4.95. The van der Waals surface area contributed by atoms with Crippen molar-refractivity contribution in [3.8, 4) is 0 Å². The summed E-state index contributed by atoms with van der Waals surface area (Å²) in [6, 6.07) is 0. The molecule has 0 amide bonds. The minimum absolute atomic E-state index is 0.454. The normalized spacial score (nSPS) is 40.2. The van der Waals surface area contributed by atoms with Crippen LogP contribution in [0.1, 0.15) is 44.9 Å². The van der Waals surface area contributed by atoms with Gasteiger partial charge in [-0.25, -0.2) is 0 Å². The topological polar surface area (TPSA) is 20.2 Å². The minimum Gasteiger partial charge on any atom is -0.396 e. The summed E-state index contributed by atoms with van der Waals surface area (Å²) in [5.41, 5.74) is 1.45. The van der Waals surface area contributed by atoms with Crippen LogP contribution in [0.3, 0.4) is 0 Å². The molecule has 3 rings (SSSR count). The fourth-order valence-electron chi connectivity index (χ4n) is 3.98. The average Bonchev–Trinajstić information content (AvgIpc) is 1.80. The van der Waals surface area contributed by atoms with Gasteiger partial charge in [0.25, 0.3) is 0 Å². The van der Waals surface area contributed by atoms with Crippen molar-refractivity contribution in [3.05, 3.63) is 0 Å². The van der Waals surface area contributed by atoms with Crippen LogP contribution in [0, 0.1) is 16.7 Å². The van der Waals surface area contributed by atoms with Crippen LogP contribution in [-0.2, 0) is 0 Å². The first-order chi connectivity index (χ1) is 5.79. The molecule has 0 radical (unpaired) electrons. The molecule has 1 unspecified atom stereocenters. The summed E-state index contributed by atoms with van der Waals surface area (Å²) in [5, 5.41) is 9.15. The zero-order valence-corrected chi connectivity index (χ0v) is 7.68. The average molecular weight is 166 g/mol. The number of aliphatic hydroxyl groups is 1. The van der Waals surface area contributed by atoms with E-state index < -0.39 is 0 Å². The van der Waals surface area contributed by atoms with Gasteiger partial charge in [-0.2, -0.15) is 0 Å². The van der Waals surface area contributed by atoms with E-state index in [0.29, 0.717) is 17.9 Å². The number of hydrogen-bond acceptors (Lipinski definition) is 1. The number of aliphatic hydroxyl groups excluding tert-OH is 1. The zero-order valence-electron chi connectivity index (χ0n) is 7.68. The van der Waals surface area contributed by atoms with Crippen LogP contribution in [-0.4, -0.2) is 11.7 Å². The van der Waals surface area contributed by atoms with E-state index in [1.54, 1.807) is 0 Å². The van der Waals surface area contributed by atoms with E-state index >= 15 is 0 Å². The summed E-state index contributed by atoms with van der Waals surface area (Å²) in [4.78, 5) is 0. The second-order valence-electron chi connectivity index (χ2n) is 5.49. The lowest BCUT2D eigenvalue weighted by Gasteiger charge is -2.68. The first-order valence-electron chi connectivity index (χ1n) is 5.40. The van der Waals surface area contributed by atoms with Gasteiger partial charge in [0.1, 0.15) is 0 Å². The van der Waals surface area contributed by atoms with Crippen LogP contribution < -0.4 is 0 Å². The minimum atomic E-state index is 0.454. The van der Waals surface area contributed by atoms with Crippen LogP contribution in [0.5, 0.6) is 0 Å². The second kappa shape index (κ2) is 2.06. The molecule has 1 heteroatoms. The van der Waals surface area contributed by atoms with E-state index in [1.807, 2.05) is 0 Å². The molecule has 1 atom stereocenters. The summed E-state index contributed by atoms with van der Waals surface area (Å²) in [5.74, 6) is 0.684. The molecule has 1 N–H and O–H groups in total. The number of hydrogen-bond donors (Lipinski definition) is 1. The SMILES string of the molecule is OCC1CCC12CC1(CCC1)C2. The predicted molar refractivity (Wildman–Crippen MR) is 47.8 cm³/mol. The lowest BCUT2D eigenvalue weighted by Crippen LogP contribution is -2.59. The maximum absolute atomic E-state index is 9.15. The molecule has 0 aromatic heterocycles. The van der Waals surface area contributed by atoms with Crippen molar-refractivity contribution < 1.29 is 5.11 Å². The first kappa shape index (κ1) is 7.37. The molecule has 0 aliphatic heterocycles. The van der Waals surface area contributed by atoms with Crippen LogP contribution in [0.4, 0.5) is 0 Å². The van der Waals surface area contributed by atoms with Gasteiger partial charge in [-0.3, -0.25) is 0 Å². The van der Waals surface area contributed by atoms with E-state index in [-0.39, 0.29) is 0 Å². The van der Waals surface area contributed by atoms with Gasteiger partial charge < -0.3 is 5.11 Å². The Morgan fingerprint density at radius 1 is 1.17 bits per heavy atom. The van der Waals surface area contributed by atoms with E-state index in [9.17, 15) is 0 Å². The molecule has 0 saturated heterocycles. The Morgan fingerprint density at radius 2 is 1.92 bits per heavy atom. The standard InChI is InChI=1S/C11H18O/c12-6-9-2-5-11(9)7-10(8-11)3-1-4-10/h9,12H,1-8H2. The van der Waals surface area contributed by atoms with Crippen molar-refractivity contribution in [2.45, 2.75) is 44.9 Å². The van der Waals surface area contributed by atoms with E-state index in [2.05, 4.69) is 0 Å². The van der Waals surface area contributed by atoms with Crippen LogP contribution in [0.2, 0.25) is 0 Å². The summed E-state index contributed by atoms with van der Waals surface area (Å²) in [7, 11) is 0. The zero-order chi connectivity index (χ0) is 8.23. The molecular formula is C11H18O. The summed E-state index contributed by atoms with van der Waals surface area (Å²) >= 11 is 0. The molecule has 3 aliphatic rings. The monoisotopic (exact) mass is 166 g/mol. The molecule has 0 aromatic carbocycles.